The van der Waals surface area contributed by atoms with Crippen LogP contribution in [0.2, 0.25) is 6.82 Å². The molecule has 1 aliphatic rings. The summed E-state index contributed by atoms with van der Waals surface area (Å²) < 4.78 is 0. The molecule has 19 heavy (non-hydrogen) atoms. The largest absolute Gasteiger partial charge is 0.507 e. The van der Waals surface area contributed by atoms with Crippen molar-refractivity contribution in [2.75, 3.05) is 17.2 Å². The van der Waals surface area contributed by atoms with Gasteiger partial charge in [-0.25, -0.2) is 0 Å². The van der Waals surface area contributed by atoms with Gasteiger partial charge in [-0.15, -0.1) is 11.6 Å². The monoisotopic (exact) mass is 275 g/mol. The van der Waals surface area contributed by atoms with Crippen LogP contribution in [0.5, 0.6) is 5.75 Å². The van der Waals surface area contributed by atoms with Crippen molar-refractivity contribution in [1.82, 2.24) is 0 Å². The van der Waals surface area contributed by atoms with Gasteiger partial charge in [-0.05, 0) is 18.3 Å². The van der Waals surface area contributed by atoms with E-state index >= 15 is 0 Å². The molecule has 0 saturated heterocycles. The van der Waals surface area contributed by atoms with E-state index in [1.54, 1.807) is 6.82 Å². The normalized spacial score (nSPS) is 17.8. The van der Waals surface area contributed by atoms with Gasteiger partial charge >= 0.3 is 7.05 Å². The van der Waals surface area contributed by atoms with Crippen LogP contribution in [0.1, 0.15) is 11.5 Å². The molecule has 0 aliphatic carbocycles. The van der Waals surface area contributed by atoms with E-state index in [0.29, 0.717) is 18.2 Å². The molecule has 3 rings (SSSR count). The van der Waals surface area contributed by atoms with Gasteiger partial charge in [-0.2, -0.15) is 0 Å². The van der Waals surface area contributed by atoms with Gasteiger partial charge in [-0.3, -0.25) is 0 Å². The molecule has 0 aromatic heterocycles. The fourth-order valence-electron chi connectivity index (χ4n) is 2.88. The Labute approximate surface area is 117 Å². The van der Waals surface area contributed by atoms with Crippen molar-refractivity contribution in [3.8, 4) is 5.75 Å². The van der Waals surface area contributed by atoms with Gasteiger partial charge < -0.3 is 14.9 Å². The summed E-state index contributed by atoms with van der Waals surface area (Å²) in [5, 5.41) is 22.2. The van der Waals surface area contributed by atoms with Crippen molar-refractivity contribution in [3.05, 3.63) is 35.9 Å². The SMILES string of the molecule is CB(O)N1C[C@@H](CCl)c2c1cc1ccccc1c2O. The molecule has 0 amide bonds. The summed E-state index contributed by atoms with van der Waals surface area (Å²) in [6, 6.07) is 9.73. The summed E-state index contributed by atoms with van der Waals surface area (Å²) >= 11 is 6.01. The highest BCUT2D eigenvalue weighted by atomic mass is 35.5. The van der Waals surface area contributed by atoms with Gasteiger partial charge in [0.05, 0.1) is 0 Å². The summed E-state index contributed by atoms with van der Waals surface area (Å²) in [5.41, 5.74) is 1.74. The van der Waals surface area contributed by atoms with Crippen molar-refractivity contribution in [1.29, 1.82) is 0 Å². The van der Waals surface area contributed by atoms with Gasteiger partial charge in [0.25, 0.3) is 0 Å². The third-order valence-corrected chi connectivity index (χ3v) is 4.18. The second-order valence-electron chi connectivity index (χ2n) is 5.01. The van der Waals surface area contributed by atoms with Crippen LogP contribution in [0.25, 0.3) is 10.8 Å². The van der Waals surface area contributed by atoms with E-state index < -0.39 is 7.05 Å². The van der Waals surface area contributed by atoms with Crippen molar-refractivity contribution in [2.45, 2.75) is 12.7 Å². The summed E-state index contributed by atoms with van der Waals surface area (Å²) in [4.78, 5) is 1.88. The first-order valence-electron chi connectivity index (χ1n) is 6.38. The second-order valence-corrected chi connectivity index (χ2v) is 5.32. The molecule has 2 N–H and O–H groups in total. The van der Waals surface area contributed by atoms with Gasteiger partial charge in [0.15, 0.2) is 0 Å². The number of aromatic hydroxyl groups is 1. The fraction of sp³-hybridized carbons (Fsp3) is 0.286. The molecule has 0 unspecified atom stereocenters. The van der Waals surface area contributed by atoms with E-state index in [9.17, 15) is 10.1 Å². The maximum atomic E-state index is 10.5. The van der Waals surface area contributed by atoms with E-state index in [0.717, 1.165) is 22.0 Å². The first-order chi connectivity index (χ1) is 9.13. The Hall–Kier alpha value is -1.39. The lowest BCUT2D eigenvalue weighted by atomic mass is 9.85. The predicted molar refractivity (Wildman–Crippen MR) is 80.3 cm³/mol. The second kappa shape index (κ2) is 4.62. The molecule has 2 aromatic rings. The third-order valence-electron chi connectivity index (χ3n) is 3.81. The quantitative estimate of drug-likeness (QED) is 0.654. The molecule has 1 atom stereocenters. The highest BCUT2D eigenvalue weighted by Crippen LogP contribution is 2.46. The third kappa shape index (κ3) is 1.87. The van der Waals surface area contributed by atoms with Crippen LogP contribution in [0.3, 0.4) is 0 Å². The molecule has 0 bridgehead atoms. The number of benzene rings is 2. The first-order valence-corrected chi connectivity index (χ1v) is 6.92. The number of hydrogen-bond donors (Lipinski definition) is 2. The van der Waals surface area contributed by atoms with Gasteiger partial charge in [0.1, 0.15) is 5.75 Å². The van der Waals surface area contributed by atoms with Crippen molar-refractivity contribution >= 4 is 35.1 Å². The fourth-order valence-corrected chi connectivity index (χ4v) is 3.13. The average molecular weight is 276 g/mol. The van der Waals surface area contributed by atoms with E-state index in [1.807, 2.05) is 35.1 Å². The molecule has 0 spiro atoms. The number of nitrogens with zero attached hydrogens (tertiary/aromatic N) is 1. The Bertz CT molecular complexity index is 632. The van der Waals surface area contributed by atoms with Crippen LogP contribution in [0.4, 0.5) is 5.69 Å². The van der Waals surface area contributed by atoms with Crippen LogP contribution in [-0.2, 0) is 0 Å². The standard InChI is InChI=1S/C14H15BClNO2/c1-15(19)17-8-10(7-16)13-12(17)6-9-4-2-3-5-11(9)14(13)18/h2-6,10,18-19H,7-8H2,1H3/t10-/m1/s1. The van der Waals surface area contributed by atoms with Crippen LogP contribution in [0, 0.1) is 0 Å². The number of hydrogen-bond acceptors (Lipinski definition) is 3. The summed E-state index contributed by atoms with van der Waals surface area (Å²) in [6.45, 7) is 2.37. The van der Waals surface area contributed by atoms with Gasteiger partial charge in [-0.1, -0.05) is 24.3 Å². The lowest BCUT2D eigenvalue weighted by molar-refractivity contribution is 0.473. The van der Waals surface area contributed by atoms with Crippen LogP contribution in [-0.4, -0.2) is 29.6 Å². The molecule has 3 nitrogen and oxygen atoms in total. The van der Waals surface area contributed by atoms with Crippen LogP contribution < -0.4 is 4.81 Å². The Kier molecular flexibility index (Phi) is 3.07. The zero-order valence-electron chi connectivity index (χ0n) is 10.7. The van der Waals surface area contributed by atoms with E-state index in [2.05, 4.69) is 0 Å². The summed E-state index contributed by atoms with van der Waals surface area (Å²) in [7, 11) is -0.590. The number of anilines is 1. The molecule has 1 heterocycles. The molecule has 5 heteroatoms. The van der Waals surface area contributed by atoms with Crippen molar-refractivity contribution in [2.24, 2.45) is 0 Å². The molecule has 1 aliphatic heterocycles. The van der Waals surface area contributed by atoms with E-state index in [4.69, 9.17) is 11.6 Å². The maximum absolute atomic E-state index is 10.5. The smallest absolute Gasteiger partial charge is 0.409 e. The van der Waals surface area contributed by atoms with Gasteiger partial charge in [0, 0.05) is 35.0 Å². The highest BCUT2D eigenvalue weighted by molar-refractivity contribution is 6.54. The summed E-state index contributed by atoms with van der Waals surface area (Å²) in [5.74, 6) is 0.778. The molecular formula is C14H15BClNO2. The molecule has 98 valence electrons. The van der Waals surface area contributed by atoms with Gasteiger partial charge in [0.2, 0.25) is 0 Å². The summed E-state index contributed by atoms with van der Waals surface area (Å²) in [6.07, 6.45) is 0. The lowest BCUT2D eigenvalue weighted by Gasteiger charge is -2.20. The Morgan fingerprint density at radius 3 is 2.84 bits per heavy atom. The Morgan fingerprint density at radius 2 is 2.16 bits per heavy atom. The number of rotatable bonds is 2. The lowest BCUT2D eigenvalue weighted by Crippen LogP contribution is -2.36. The topological polar surface area (TPSA) is 43.7 Å². The first kappa shape index (κ1) is 12.6. The van der Waals surface area contributed by atoms with Crippen LogP contribution >= 0.6 is 11.6 Å². The minimum atomic E-state index is -0.590. The Balaban J connectivity index is 2.28. The van der Waals surface area contributed by atoms with Crippen LogP contribution in [0.15, 0.2) is 30.3 Å². The zero-order valence-corrected chi connectivity index (χ0v) is 11.4. The van der Waals surface area contributed by atoms with Crippen molar-refractivity contribution < 1.29 is 10.1 Å². The van der Waals surface area contributed by atoms with E-state index in [1.165, 1.54) is 0 Å². The zero-order chi connectivity index (χ0) is 13.6. The molecule has 2 aromatic carbocycles. The Morgan fingerprint density at radius 1 is 1.42 bits per heavy atom. The number of alkyl halides is 1. The molecule has 0 fully saturated rings. The van der Waals surface area contributed by atoms with E-state index in [-0.39, 0.29) is 5.92 Å². The number of phenols is 1. The average Bonchev–Trinajstić information content (AvgIpc) is 2.78. The number of halogens is 1. The minimum absolute atomic E-state index is 0.0517. The predicted octanol–water partition coefficient (Wildman–Crippen LogP) is 2.80. The highest BCUT2D eigenvalue weighted by Gasteiger charge is 2.35. The molecule has 0 radical (unpaired) electrons. The molecular weight excluding hydrogens is 260 g/mol. The number of fused-ring (bicyclic) bond motifs is 2. The number of phenolic OH excluding ortho intramolecular Hbond substituents is 1. The van der Waals surface area contributed by atoms with Crippen molar-refractivity contribution in [3.63, 3.8) is 0 Å². The maximum Gasteiger partial charge on any atom is 0.409 e. The minimum Gasteiger partial charge on any atom is -0.507 e. The molecule has 0 saturated carbocycles.